The highest BCUT2D eigenvalue weighted by Crippen LogP contribution is 2.32. The van der Waals surface area contributed by atoms with E-state index in [1.54, 1.807) is 43.5 Å². The maximum Gasteiger partial charge on any atom is 0.231 e. The van der Waals surface area contributed by atoms with E-state index in [-0.39, 0.29) is 12.6 Å². The van der Waals surface area contributed by atoms with Gasteiger partial charge in [0, 0.05) is 5.56 Å². The molecule has 0 radical (unpaired) electrons. The van der Waals surface area contributed by atoms with E-state index in [1.807, 2.05) is 18.2 Å². The zero-order valence-electron chi connectivity index (χ0n) is 11.5. The second kappa shape index (κ2) is 5.71. The van der Waals surface area contributed by atoms with Gasteiger partial charge in [0.05, 0.1) is 7.11 Å². The van der Waals surface area contributed by atoms with Crippen LogP contribution in [-0.4, -0.2) is 19.7 Å². The molecule has 21 heavy (non-hydrogen) atoms. The van der Waals surface area contributed by atoms with Gasteiger partial charge >= 0.3 is 0 Å². The van der Waals surface area contributed by atoms with Crippen LogP contribution in [0.15, 0.2) is 48.5 Å². The first kappa shape index (κ1) is 13.2. The van der Waals surface area contributed by atoms with E-state index in [1.165, 1.54) is 0 Å². The van der Waals surface area contributed by atoms with Crippen LogP contribution in [0.5, 0.6) is 17.2 Å². The third-order valence-corrected chi connectivity index (χ3v) is 3.20. The number of hydrogen-bond donors (Lipinski definition) is 0. The molecule has 0 aliphatic carbocycles. The lowest BCUT2D eigenvalue weighted by atomic mass is 10.1. The molecule has 0 aromatic heterocycles. The number of fused-ring (bicyclic) bond motifs is 1. The molecule has 4 heteroatoms. The third-order valence-electron chi connectivity index (χ3n) is 3.20. The molecule has 0 amide bonds. The molecule has 2 aromatic rings. The molecule has 1 aliphatic heterocycles. The van der Waals surface area contributed by atoms with Crippen LogP contribution in [0.4, 0.5) is 0 Å². The normalized spacial score (nSPS) is 12.6. The minimum Gasteiger partial charge on any atom is -0.497 e. The molecule has 0 bridgehead atoms. The van der Waals surface area contributed by atoms with Gasteiger partial charge in [0.1, 0.15) is 5.75 Å². The summed E-state index contributed by atoms with van der Waals surface area (Å²) >= 11 is 0. The Morgan fingerprint density at radius 2 is 1.86 bits per heavy atom. The molecule has 0 saturated carbocycles. The van der Waals surface area contributed by atoms with Gasteiger partial charge in [0.15, 0.2) is 17.3 Å². The van der Waals surface area contributed by atoms with Crippen LogP contribution < -0.4 is 14.2 Å². The SMILES string of the molecule is COc1ccc(C(=O)/C=C/c2ccc3c(c2)OCO3)cc1. The molecular formula is C17H14O4. The van der Waals surface area contributed by atoms with Gasteiger partial charge in [-0.3, -0.25) is 4.79 Å². The number of rotatable bonds is 4. The predicted molar refractivity (Wildman–Crippen MR) is 78.9 cm³/mol. The van der Waals surface area contributed by atoms with Gasteiger partial charge in [-0.1, -0.05) is 12.1 Å². The molecule has 0 saturated heterocycles. The maximum atomic E-state index is 12.1. The average molecular weight is 282 g/mol. The maximum absolute atomic E-state index is 12.1. The highest BCUT2D eigenvalue weighted by molar-refractivity contribution is 6.06. The summed E-state index contributed by atoms with van der Waals surface area (Å²) < 4.78 is 15.6. The number of methoxy groups -OCH3 is 1. The van der Waals surface area contributed by atoms with Crippen LogP contribution >= 0.6 is 0 Å². The van der Waals surface area contributed by atoms with Gasteiger partial charge in [0.2, 0.25) is 6.79 Å². The van der Waals surface area contributed by atoms with Crippen molar-refractivity contribution in [3.63, 3.8) is 0 Å². The summed E-state index contributed by atoms with van der Waals surface area (Å²) in [5, 5.41) is 0. The smallest absolute Gasteiger partial charge is 0.231 e. The minimum absolute atomic E-state index is 0.0599. The van der Waals surface area contributed by atoms with E-state index >= 15 is 0 Å². The van der Waals surface area contributed by atoms with Gasteiger partial charge in [-0.2, -0.15) is 0 Å². The van der Waals surface area contributed by atoms with E-state index in [2.05, 4.69) is 0 Å². The molecule has 0 N–H and O–H groups in total. The third kappa shape index (κ3) is 2.89. The second-order valence-electron chi connectivity index (χ2n) is 4.54. The van der Waals surface area contributed by atoms with Crippen molar-refractivity contribution in [3.8, 4) is 17.2 Å². The van der Waals surface area contributed by atoms with Gasteiger partial charge in [0.25, 0.3) is 0 Å². The molecule has 0 atom stereocenters. The van der Waals surface area contributed by atoms with Crippen LogP contribution in [0.3, 0.4) is 0 Å². The van der Waals surface area contributed by atoms with Crippen LogP contribution in [0, 0.1) is 0 Å². The Kier molecular flexibility index (Phi) is 3.60. The van der Waals surface area contributed by atoms with E-state index in [4.69, 9.17) is 14.2 Å². The summed E-state index contributed by atoms with van der Waals surface area (Å²) in [7, 11) is 1.59. The summed E-state index contributed by atoms with van der Waals surface area (Å²) in [6, 6.07) is 12.6. The second-order valence-corrected chi connectivity index (χ2v) is 4.54. The van der Waals surface area contributed by atoms with Crippen molar-refractivity contribution in [3.05, 3.63) is 59.7 Å². The highest BCUT2D eigenvalue weighted by atomic mass is 16.7. The molecule has 1 aliphatic rings. The first-order valence-corrected chi connectivity index (χ1v) is 6.52. The fraction of sp³-hybridized carbons (Fsp3) is 0.118. The topological polar surface area (TPSA) is 44.8 Å². The first-order chi connectivity index (χ1) is 10.3. The Labute approximate surface area is 122 Å². The van der Waals surface area contributed by atoms with Crippen molar-refractivity contribution >= 4 is 11.9 Å². The lowest BCUT2D eigenvalue weighted by molar-refractivity contribution is 0.104. The number of allylic oxidation sites excluding steroid dienone is 1. The quantitative estimate of drug-likeness (QED) is 0.637. The van der Waals surface area contributed by atoms with Crippen molar-refractivity contribution in [1.29, 1.82) is 0 Å². The number of hydrogen-bond acceptors (Lipinski definition) is 4. The molecule has 0 fully saturated rings. The van der Waals surface area contributed by atoms with Gasteiger partial charge in [-0.15, -0.1) is 0 Å². The van der Waals surface area contributed by atoms with Crippen LogP contribution in [0.2, 0.25) is 0 Å². The fourth-order valence-electron chi connectivity index (χ4n) is 2.04. The first-order valence-electron chi connectivity index (χ1n) is 6.52. The Bertz CT molecular complexity index is 686. The lowest BCUT2D eigenvalue weighted by Gasteiger charge is -2.00. The summed E-state index contributed by atoms with van der Waals surface area (Å²) in [5.74, 6) is 2.10. The molecule has 2 aromatic carbocycles. The number of carbonyl (C=O) groups is 1. The Hall–Kier alpha value is -2.75. The molecule has 0 spiro atoms. The van der Waals surface area contributed by atoms with Gasteiger partial charge in [-0.25, -0.2) is 0 Å². The monoisotopic (exact) mass is 282 g/mol. The number of ether oxygens (including phenoxy) is 3. The molecular weight excluding hydrogens is 268 g/mol. The zero-order chi connectivity index (χ0) is 14.7. The molecule has 3 rings (SSSR count). The van der Waals surface area contributed by atoms with E-state index in [0.29, 0.717) is 11.3 Å². The molecule has 0 unspecified atom stereocenters. The molecule has 1 heterocycles. The van der Waals surface area contributed by atoms with E-state index in [0.717, 1.165) is 17.1 Å². The summed E-state index contributed by atoms with van der Waals surface area (Å²) in [6.07, 6.45) is 3.30. The summed E-state index contributed by atoms with van der Waals surface area (Å²) in [5.41, 5.74) is 1.51. The summed E-state index contributed by atoms with van der Waals surface area (Å²) in [6.45, 7) is 0.243. The predicted octanol–water partition coefficient (Wildman–Crippen LogP) is 3.32. The Morgan fingerprint density at radius 3 is 2.62 bits per heavy atom. The van der Waals surface area contributed by atoms with E-state index in [9.17, 15) is 4.79 Å². The number of benzene rings is 2. The highest BCUT2D eigenvalue weighted by Gasteiger charge is 2.12. The van der Waals surface area contributed by atoms with Crippen molar-refractivity contribution in [2.24, 2.45) is 0 Å². The number of ketones is 1. The average Bonchev–Trinajstić information content (AvgIpc) is 3.00. The fourth-order valence-corrected chi connectivity index (χ4v) is 2.04. The van der Waals surface area contributed by atoms with Crippen molar-refractivity contribution < 1.29 is 19.0 Å². The van der Waals surface area contributed by atoms with Crippen LogP contribution in [-0.2, 0) is 0 Å². The number of carbonyl (C=O) groups excluding carboxylic acids is 1. The lowest BCUT2D eigenvalue weighted by Crippen LogP contribution is -1.94. The van der Waals surface area contributed by atoms with Crippen molar-refractivity contribution in [2.45, 2.75) is 0 Å². The summed E-state index contributed by atoms with van der Waals surface area (Å²) in [4.78, 5) is 12.1. The Balaban J connectivity index is 1.74. The molecule has 4 nitrogen and oxygen atoms in total. The zero-order valence-corrected chi connectivity index (χ0v) is 11.5. The van der Waals surface area contributed by atoms with Gasteiger partial charge in [-0.05, 0) is 48.0 Å². The largest absolute Gasteiger partial charge is 0.497 e. The standard InChI is InChI=1S/C17H14O4/c1-19-14-6-4-13(5-7-14)15(18)8-2-12-3-9-16-17(10-12)21-11-20-16/h2-10H,11H2,1H3/b8-2+. The van der Waals surface area contributed by atoms with Crippen LogP contribution in [0.1, 0.15) is 15.9 Å². The molecule has 106 valence electrons. The van der Waals surface area contributed by atoms with Crippen molar-refractivity contribution in [2.75, 3.05) is 13.9 Å². The van der Waals surface area contributed by atoms with Crippen LogP contribution in [0.25, 0.3) is 6.08 Å². The minimum atomic E-state index is -0.0599. The van der Waals surface area contributed by atoms with Gasteiger partial charge < -0.3 is 14.2 Å². The van der Waals surface area contributed by atoms with E-state index < -0.39 is 0 Å². The van der Waals surface area contributed by atoms with Crippen molar-refractivity contribution in [1.82, 2.24) is 0 Å². The Morgan fingerprint density at radius 1 is 1.10 bits per heavy atom.